The number of thiophene rings is 1. The van der Waals surface area contributed by atoms with Gasteiger partial charge in [0.2, 0.25) is 5.91 Å². The highest BCUT2D eigenvalue weighted by Crippen LogP contribution is 2.31. The Morgan fingerprint density at radius 2 is 1.79 bits per heavy atom. The predicted molar refractivity (Wildman–Crippen MR) is 144 cm³/mol. The Hall–Kier alpha value is -2.90. The molecular weight excluding hydrogens is 462 g/mol. The third-order valence-corrected chi connectivity index (χ3v) is 7.79. The zero-order chi connectivity index (χ0) is 24.4. The number of thioether (sulfide) groups is 1. The molecule has 0 aliphatic heterocycles. The van der Waals surface area contributed by atoms with Crippen molar-refractivity contribution in [3.05, 3.63) is 79.9 Å². The van der Waals surface area contributed by atoms with Crippen LogP contribution >= 0.6 is 23.1 Å². The lowest BCUT2D eigenvalue weighted by molar-refractivity contribution is -0.113. The number of nitrogens with one attached hydrogen (secondary N) is 1. The molecule has 5 nitrogen and oxygen atoms in total. The quantitative estimate of drug-likeness (QED) is 0.241. The smallest absolute Gasteiger partial charge is 0.267 e. The van der Waals surface area contributed by atoms with Gasteiger partial charge in [0.25, 0.3) is 5.56 Å². The fourth-order valence-electron chi connectivity index (χ4n) is 4.14. The molecular formula is C27H29N3O2S2. The van der Waals surface area contributed by atoms with Crippen LogP contribution in [0.25, 0.3) is 15.9 Å². The van der Waals surface area contributed by atoms with Crippen molar-refractivity contribution in [1.82, 2.24) is 9.55 Å². The summed E-state index contributed by atoms with van der Waals surface area (Å²) in [4.78, 5) is 33.3. The van der Waals surface area contributed by atoms with Crippen LogP contribution in [0, 0.1) is 27.7 Å². The van der Waals surface area contributed by atoms with E-state index in [9.17, 15) is 9.59 Å². The molecule has 0 aliphatic carbocycles. The number of fused-ring (bicyclic) bond motifs is 1. The van der Waals surface area contributed by atoms with Crippen LogP contribution in [0.4, 0.5) is 5.69 Å². The molecule has 34 heavy (non-hydrogen) atoms. The lowest BCUT2D eigenvalue weighted by Crippen LogP contribution is -2.23. The molecule has 0 saturated heterocycles. The number of aromatic nitrogens is 2. The molecule has 2 heterocycles. The minimum absolute atomic E-state index is 0.0797. The highest BCUT2D eigenvalue weighted by atomic mass is 32.2. The van der Waals surface area contributed by atoms with Gasteiger partial charge in [-0.1, -0.05) is 43.3 Å². The SMILES string of the molecule is CCCc1sc2nc(SCC(=O)Nc3cc(C)cc(C)c3)n(-c3cccc(C)c3)c(=O)c2c1C. The number of benzene rings is 2. The molecule has 0 radical (unpaired) electrons. The minimum atomic E-state index is -0.130. The second-order valence-corrected chi connectivity index (χ2v) is 10.7. The zero-order valence-electron chi connectivity index (χ0n) is 20.2. The molecule has 2 aromatic carbocycles. The van der Waals surface area contributed by atoms with Crippen LogP contribution in [-0.4, -0.2) is 21.2 Å². The Kier molecular flexibility index (Phi) is 7.24. The van der Waals surface area contributed by atoms with Crippen molar-refractivity contribution >= 4 is 44.9 Å². The molecule has 0 atom stereocenters. The average molecular weight is 492 g/mol. The van der Waals surface area contributed by atoms with Crippen molar-refractivity contribution in [2.45, 2.75) is 52.6 Å². The van der Waals surface area contributed by atoms with E-state index in [-0.39, 0.29) is 17.2 Å². The van der Waals surface area contributed by atoms with Crippen LogP contribution < -0.4 is 10.9 Å². The van der Waals surface area contributed by atoms with E-state index in [0.29, 0.717) is 10.5 Å². The Bertz CT molecular complexity index is 1420. The van der Waals surface area contributed by atoms with Crippen molar-refractivity contribution in [3.8, 4) is 5.69 Å². The number of anilines is 1. The summed E-state index contributed by atoms with van der Waals surface area (Å²) < 4.78 is 1.65. The van der Waals surface area contributed by atoms with Gasteiger partial charge in [-0.15, -0.1) is 11.3 Å². The summed E-state index contributed by atoms with van der Waals surface area (Å²) in [5.41, 5.74) is 5.73. The molecule has 0 aliphatic rings. The van der Waals surface area contributed by atoms with Gasteiger partial charge >= 0.3 is 0 Å². The third kappa shape index (κ3) is 5.10. The van der Waals surface area contributed by atoms with Crippen molar-refractivity contribution in [1.29, 1.82) is 0 Å². The standard InChI is InChI=1S/C27H29N3O2S2/c1-6-8-22-19(5)24-25(34-22)29-27(30(26(24)32)21-10-7-9-16(2)14-21)33-15-23(31)28-20-12-17(3)11-18(4)13-20/h7,9-14H,6,8,15H2,1-5H3,(H,28,31). The maximum absolute atomic E-state index is 13.7. The van der Waals surface area contributed by atoms with Crippen LogP contribution in [0.3, 0.4) is 0 Å². The van der Waals surface area contributed by atoms with Crippen molar-refractivity contribution in [3.63, 3.8) is 0 Å². The fourth-order valence-corrected chi connectivity index (χ4v) is 6.27. The summed E-state index contributed by atoms with van der Waals surface area (Å²) >= 11 is 2.87. The van der Waals surface area contributed by atoms with Crippen molar-refractivity contribution in [2.75, 3.05) is 11.1 Å². The molecule has 1 N–H and O–H groups in total. The van der Waals surface area contributed by atoms with Gasteiger partial charge in [-0.05, 0) is 80.6 Å². The summed E-state index contributed by atoms with van der Waals surface area (Å²) in [5.74, 6) is 0.0253. The van der Waals surface area contributed by atoms with Gasteiger partial charge in [0.15, 0.2) is 5.16 Å². The van der Waals surface area contributed by atoms with Crippen molar-refractivity contribution < 1.29 is 4.79 Å². The number of amides is 1. The minimum Gasteiger partial charge on any atom is -0.325 e. The Labute approximate surface area is 208 Å². The van der Waals surface area contributed by atoms with E-state index in [1.54, 1.807) is 15.9 Å². The molecule has 176 valence electrons. The molecule has 0 fully saturated rings. The zero-order valence-corrected chi connectivity index (χ0v) is 21.8. The van der Waals surface area contributed by atoms with Gasteiger partial charge in [0.05, 0.1) is 16.8 Å². The first-order valence-electron chi connectivity index (χ1n) is 11.4. The molecule has 2 aromatic heterocycles. The summed E-state index contributed by atoms with van der Waals surface area (Å²) in [6.45, 7) is 10.2. The summed E-state index contributed by atoms with van der Waals surface area (Å²) in [6, 6.07) is 13.8. The fraction of sp³-hybridized carbons (Fsp3) is 0.296. The summed E-state index contributed by atoms with van der Waals surface area (Å²) in [6.07, 6.45) is 1.94. The average Bonchev–Trinajstić information content (AvgIpc) is 3.07. The number of nitrogens with zero attached hydrogens (tertiary/aromatic N) is 2. The van der Waals surface area contributed by atoms with Gasteiger partial charge in [0, 0.05) is 10.6 Å². The van der Waals surface area contributed by atoms with Gasteiger partial charge in [0.1, 0.15) is 4.83 Å². The summed E-state index contributed by atoms with van der Waals surface area (Å²) in [7, 11) is 0. The van der Waals surface area contributed by atoms with Gasteiger partial charge in [-0.2, -0.15) is 0 Å². The Morgan fingerprint density at radius 1 is 1.06 bits per heavy atom. The first kappa shape index (κ1) is 24.2. The second kappa shape index (κ2) is 10.2. The number of carbonyl (C=O) groups excluding carboxylic acids is 1. The van der Waals surface area contributed by atoms with Crippen LogP contribution in [0.2, 0.25) is 0 Å². The molecule has 0 saturated carbocycles. The van der Waals surface area contributed by atoms with Gasteiger partial charge in [-0.25, -0.2) is 4.98 Å². The second-order valence-electron chi connectivity index (χ2n) is 8.67. The normalized spacial score (nSPS) is 11.2. The van der Waals surface area contributed by atoms with Crippen LogP contribution in [0.1, 0.15) is 40.5 Å². The predicted octanol–water partition coefficient (Wildman–Crippen LogP) is 6.36. The lowest BCUT2D eigenvalue weighted by atomic mass is 10.1. The molecule has 4 rings (SSSR count). The van der Waals surface area contributed by atoms with E-state index in [4.69, 9.17) is 4.98 Å². The maximum Gasteiger partial charge on any atom is 0.267 e. The summed E-state index contributed by atoms with van der Waals surface area (Å²) in [5, 5.41) is 4.18. The number of aryl methyl sites for hydroxylation is 5. The Balaban J connectivity index is 1.72. The highest BCUT2D eigenvalue weighted by Gasteiger charge is 2.20. The number of hydrogen-bond donors (Lipinski definition) is 1. The number of hydrogen-bond acceptors (Lipinski definition) is 5. The van der Waals surface area contributed by atoms with E-state index in [1.165, 1.54) is 16.6 Å². The van der Waals surface area contributed by atoms with Crippen LogP contribution in [-0.2, 0) is 11.2 Å². The van der Waals surface area contributed by atoms with E-state index in [1.807, 2.05) is 64.1 Å². The topological polar surface area (TPSA) is 64.0 Å². The van der Waals surface area contributed by atoms with E-state index >= 15 is 0 Å². The molecule has 1 amide bonds. The van der Waals surface area contributed by atoms with Crippen LogP contribution in [0.5, 0.6) is 0 Å². The van der Waals surface area contributed by atoms with Crippen molar-refractivity contribution in [2.24, 2.45) is 0 Å². The van der Waals surface area contributed by atoms with Gasteiger partial charge in [-0.3, -0.25) is 14.2 Å². The lowest BCUT2D eigenvalue weighted by Gasteiger charge is -2.13. The third-order valence-electron chi connectivity index (χ3n) is 5.61. The largest absolute Gasteiger partial charge is 0.325 e. The first-order chi connectivity index (χ1) is 16.3. The van der Waals surface area contributed by atoms with E-state index in [0.717, 1.165) is 51.3 Å². The van der Waals surface area contributed by atoms with E-state index < -0.39 is 0 Å². The molecule has 7 heteroatoms. The Morgan fingerprint density at radius 3 is 2.47 bits per heavy atom. The van der Waals surface area contributed by atoms with Gasteiger partial charge < -0.3 is 5.32 Å². The van der Waals surface area contributed by atoms with Crippen LogP contribution in [0.15, 0.2) is 52.4 Å². The number of rotatable bonds is 7. The highest BCUT2D eigenvalue weighted by molar-refractivity contribution is 7.99. The van der Waals surface area contributed by atoms with E-state index in [2.05, 4.69) is 18.3 Å². The maximum atomic E-state index is 13.7. The monoisotopic (exact) mass is 491 g/mol. The first-order valence-corrected chi connectivity index (χ1v) is 13.2. The molecule has 0 spiro atoms. The molecule has 0 bridgehead atoms. The number of carbonyl (C=O) groups is 1. The molecule has 0 unspecified atom stereocenters. The molecule has 4 aromatic rings.